The van der Waals surface area contributed by atoms with E-state index < -0.39 is 10.0 Å². The van der Waals surface area contributed by atoms with Gasteiger partial charge >= 0.3 is 0 Å². The summed E-state index contributed by atoms with van der Waals surface area (Å²) in [6.45, 7) is 2.42. The van der Waals surface area contributed by atoms with Gasteiger partial charge in [-0.05, 0) is 38.0 Å². The molecular weight excluding hydrogens is 370 g/mol. The Hall–Kier alpha value is -1.22. The fraction of sp³-hybridized carbons (Fsp3) is 0.467. The van der Waals surface area contributed by atoms with Gasteiger partial charge in [-0.2, -0.15) is 0 Å². The minimum atomic E-state index is -3.17. The fourth-order valence-electron chi connectivity index (χ4n) is 2.74. The molecule has 0 bridgehead atoms. The van der Waals surface area contributed by atoms with E-state index in [1.807, 2.05) is 12.1 Å². The number of hydrogen-bond donors (Lipinski definition) is 1. The molecule has 9 heteroatoms. The summed E-state index contributed by atoms with van der Waals surface area (Å²) in [6, 6.07) is 5.40. The SMILES string of the molecule is CCS(=O)(=O)N1CCC(C(=O)Nc2nc3ccc(Cl)cc3s2)CC1. The van der Waals surface area contributed by atoms with Crippen LogP contribution in [0.5, 0.6) is 0 Å². The molecule has 0 radical (unpaired) electrons. The number of rotatable bonds is 4. The highest BCUT2D eigenvalue weighted by molar-refractivity contribution is 7.89. The van der Waals surface area contributed by atoms with Crippen molar-refractivity contribution in [2.45, 2.75) is 19.8 Å². The Labute approximate surface area is 149 Å². The summed E-state index contributed by atoms with van der Waals surface area (Å²) in [5, 5.41) is 4.02. The van der Waals surface area contributed by atoms with E-state index in [-0.39, 0.29) is 17.6 Å². The summed E-state index contributed by atoms with van der Waals surface area (Å²) in [5.74, 6) is -0.199. The molecule has 1 aromatic heterocycles. The third-order valence-corrected chi connectivity index (χ3v) is 7.21. The van der Waals surface area contributed by atoms with E-state index in [0.717, 1.165) is 10.2 Å². The lowest BCUT2D eigenvalue weighted by atomic mass is 9.97. The zero-order valence-electron chi connectivity index (χ0n) is 13.2. The standard InChI is InChI=1S/C15H18ClN3O3S2/c1-2-24(21,22)19-7-5-10(6-8-19)14(20)18-15-17-12-4-3-11(16)9-13(12)23-15/h3-4,9-10H,2,5-8H2,1H3,(H,17,18,20). The average molecular weight is 388 g/mol. The van der Waals surface area contributed by atoms with Gasteiger partial charge in [-0.1, -0.05) is 22.9 Å². The van der Waals surface area contributed by atoms with E-state index in [1.54, 1.807) is 13.0 Å². The van der Waals surface area contributed by atoms with Gasteiger partial charge in [0.2, 0.25) is 15.9 Å². The van der Waals surface area contributed by atoms with Crippen LogP contribution >= 0.6 is 22.9 Å². The second kappa shape index (κ2) is 6.95. The Balaban J connectivity index is 1.63. The van der Waals surface area contributed by atoms with Crippen LogP contribution < -0.4 is 5.32 Å². The van der Waals surface area contributed by atoms with Crippen LogP contribution in [0.4, 0.5) is 5.13 Å². The number of nitrogens with one attached hydrogen (secondary N) is 1. The molecule has 24 heavy (non-hydrogen) atoms. The number of anilines is 1. The van der Waals surface area contributed by atoms with Gasteiger partial charge in [0.05, 0.1) is 16.0 Å². The zero-order valence-corrected chi connectivity index (χ0v) is 15.5. The van der Waals surface area contributed by atoms with Gasteiger partial charge in [0.25, 0.3) is 0 Å². The van der Waals surface area contributed by atoms with E-state index in [1.165, 1.54) is 15.6 Å². The van der Waals surface area contributed by atoms with Crippen molar-refractivity contribution < 1.29 is 13.2 Å². The van der Waals surface area contributed by atoms with Gasteiger partial charge < -0.3 is 5.32 Å². The molecule has 1 amide bonds. The van der Waals surface area contributed by atoms with Crippen molar-refractivity contribution in [1.29, 1.82) is 0 Å². The molecule has 6 nitrogen and oxygen atoms in total. The predicted molar refractivity (Wildman–Crippen MR) is 97.0 cm³/mol. The molecule has 2 heterocycles. The summed E-state index contributed by atoms with van der Waals surface area (Å²) in [6.07, 6.45) is 1.06. The molecule has 3 rings (SSSR count). The minimum Gasteiger partial charge on any atom is -0.302 e. The van der Waals surface area contributed by atoms with Crippen molar-refractivity contribution >= 4 is 54.2 Å². The third-order valence-electron chi connectivity index (χ3n) is 4.16. The van der Waals surface area contributed by atoms with Crippen molar-refractivity contribution in [2.75, 3.05) is 24.2 Å². The lowest BCUT2D eigenvalue weighted by Gasteiger charge is -2.30. The molecule has 0 saturated carbocycles. The Morgan fingerprint density at radius 3 is 2.79 bits per heavy atom. The Morgan fingerprint density at radius 1 is 1.42 bits per heavy atom. The van der Waals surface area contributed by atoms with Crippen molar-refractivity contribution in [1.82, 2.24) is 9.29 Å². The van der Waals surface area contributed by atoms with Gasteiger partial charge in [0.1, 0.15) is 0 Å². The second-order valence-corrected chi connectivity index (χ2v) is 9.42. The predicted octanol–water partition coefficient (Wildman–Crippen LogP) is 2.95. The topological polar surface area (TPSA) is 79.4 Å². The quantitative estimate of drug-likeness (QED) is 0.874. The molecule has 0 atom stereocenters. The summed E-state index contributed by atoms with van der Waals surface area (Å²) >= 11 is 7.33. The van der Waals surface area contributed by atoms with Gasteiger partial charge in [-0.15, -0.1) is 0 Å². The molecular formula is C15H18ClN3O3S2. The maximum absolute atomic E-state index is 12.4. The highest BCUT2D eigenvalue weighted by Gasteiger charge is 2.30. The molecule has 1 fully saturated rings. The highest BCUT2D eigenvalue weighted by atomic mass is 35.5. The number of benzene rings is 1. The first kappa shape index (κ1) is 17.6. The second-order valence-electron chi connectivity index (χ2n) is 5.69. The highest BCUT2D eigenvalue weighted by Crippen LogP contribution is 2.29. The first-order valence-electron chi connectivity index (χ1n) is 7.74. The van der Waals surface area contributed by atoms with E-state index in [9.17, 15) is 13.2 Å². The van der Waals surface area contributed by atoms with Gasteiger partial charge in [-0.25, -0.2) is 17.7 Å². The number of carbonyl (C=O) groups is 1. The summed E-state index contributed by atoms with van der Waals surface area (Å²) in [5.41, 5.74) is 0.795. The van der Waals surface area contributed by atoms with E-state index in [4.69, 9.17) is 11.6 Å². The summed E-state index contributed by atoms with van der Waals surface area (Å²) < 4.78 is 26.1. The summed E-state index contributed by atoms with van der Waals surface area (Å²) in [7, 11) is -3.17. The molecule has 1 aliphatic heterocycles. The van der Waals surface area contributed by atoms with Gasteiger partial charge in [-0.3, -0.25) is 4.79 Å². The first-order valence-corrected chi connectivity index (χ1v) is 10.5. The van der Waals surface area contributed by atoms with Crippen molar-refractivity contribution in [2.24, 2.45) is 5.92 Å². The van der Waals surface area contributed by atoms with Crippen LogP contribution in [0.1, 0.15) is 19.8 Å². The van der Waals surface area contributed by atoms with E-state index >= 15 is 0 Å². The fourth-order valence-corrected chi connectivity index (χ4v) is 5.02. The van der Waals surface area contributed by atoms with Gasteiger partial charge in [0, 0.05) is 24.0 Å². The summed E-state index contributed by atoms with van der Waals surface area (Å²) in [4.78, 5) is 16.8. The zero-order chi connectivity index (χ0) is 17.3. The molecule has 1 aliphatic rings. The Kier molecular flexibility index (Phi) is 5.10. The molecule has 0 aliphatic carbocycles. The number of halogens is 1. The van der Waals surface area contributed by atoms with Crippen molar-refractivity contribution in [3.05, 3.63) is 23.2 Å². The van der Waals surface area contributed by atoms with E-state index in [0.29, 0.717) is 36.1 Å². The lowest BCUT2D eigenvalue weighted by Crippen LogP contribution is -2.42. The number of nitrogens with zero attached hydrogens (tertiary/aromatic N) is 2. The number of thiazole rings is 1. The lowest BCUT2D eigenvalue weighted by molar-refractivity contribution is -0.120. The largest absolute Gasteiger partial charge is 0.302 e. The number of carbonyl (C=O) groups excluding carboxylic acids is 1. The first-order chi connectivity index (χ1) is 11.4. The number of piperidine rings is 1. The van der Waals surface area contributed by atoms with Crippen molar-refractivity contribution in [3.63, 3.8) is 0 Å². The molecule has 1 aromatic carbocycles. The smallest absolute Gasteiger partial charge is 0.229 e. The minimum absolute atomic E-state index is 0.0954. The third kappa shape index (κ3) is 3.72. The van der Waals surface area contributed by atoms with Crippen LogP contribution in [0, 0.1) is 5.92 Å². The monoisotopic (exact) mass is 387 g/mol. The molecule has 2 aromatic rings. The molecule has 1 N–H and O–H groups in total. The van der Waals surface area contributed by atoms with Crippen molar-refractivity contribution in [3.8, 4) is 0 Å². The van der Waals surface area contributed by atoms with Crippen LogP contribution in [0.25, 0.3) is 10.2 Å². The number of hydrogen-bond acceptors (Lipinski definition) is 5. The maximum atomic E-state index is 12.4. The molecule has 0 unspecified atom stereocenters. The number of amides is 1. The molecule has 1 saturated heterocycles. The van der Waals surface area contributed by atoms with Crippen LogP contribution in [0.3, 0.4) is 0 Å². The van der Waals surface area contributed by atoms with E-state index in [2.05, 4.69) is 10.3 Å². The van der Waals surface area contributed by atoms with Crippen LogP contribution in [0.15, 0.2) is 18.2 Å². The molecule has 130 valence electrons. The molecule has 0 spiro atoms. The van der Waals surface area contributed by atoms with Gasteiger partial charge in [0.15, 0.2) is 5.13 Å². The Morgan fingerprint density at radius 2 is 2.12 bits per heavy atom. The maximum Gasteiger partial charge on any atom is 0.229 e. The average Bonchev–Trinajstić information content (AvgIpc) is 2.96. The number of sulfonamides is 1. The van der Waals surface area contributed by atoms with Crippen LogP contribution in [-0.4, -0.2) is 42.5 Å². The van der Waals surface area contributed by atoms with Crippen LogP contribution in [0.2, 0.25) is 5.02 Å². The Bertz CT molecular complexity index is 858. The number of aromatic nitrogens is 1. The van der Waals surface area contributed by atoms with Crippen LogP contribution in [-0.2, 0) is 14.8 Å². The number of fused-ring (bicyclic) bond motifs is 1. The normalized spacial score (nSPS) is 17.2.